The molecule has 20 heavy (non-hydrogen) atoms. The Balaban J connectivity index is 2.08. The van der Waals surface area contributed by atoms with Crippen LogP contribution < -0.4 is 5.32 Å². The Morgan fingerprint density at radius 2 is 2.10 bits per heavy atom. The van der Waals surface area contributed by atoms with E-state index in [0.717, 1.165) is 6.42 Å². The number of carboxylic acid groups (broad SMARTS) is 1. The van der Waals surface area contributed by atoms with Gasteiger partial charge < -0.3 is 10.4 Å². The molecule has 0 spiro atoms. The third-order valence-electron chi connectivity index (χ3n) is 4.84. The van der Waals surface area contributed by atoms with Gasteiger partial charge in [-0.05, 0) is 35.6 Å². The Morgan fingerprint density at radius 1 is 1.40 bits per heavy atom. The van der Waals surface area contributed by atoms with Crippen LogP contribution in [0.2, 0.25) is 0 Å². The van der Waals surface area contributed by atoms with Crippen molar-refractivity contribution in [1.82, 2.24) is 5.32 Å². The van der Waals surface area contributed by atoms with Gasteiger partial charge in [0, 0.05) is 17.0 Å². The van der Waals surface area contributed by atoms with Crippen molar-refractivity contribution in [2.75, 3.05) is 0 Å². The molecule has 2 rings (SSSR count). The molecule has 1 aliphatic rings. The smallest absolute Gasteiger partial charge is 0.307 e. The second-order valence-electron chi connectivity index (χ2n) is 6.17. The minimum atomic E-state index is -0.732. The molecule has 1 saturated carbocycles. The van der Waals surface area contributed by atoms with E-state index in [-0.39, 0.29) is 29.2 Å². The molecule has 1 fully saturated rings. The lowest BCUT2D eigenvalue weighted by Crippen LogP contribution is -2.52. The highest BCUT2D eigenvalue weighted by Crippen LogP contribution is 2.45. The van der Waals surface area contributed by atoms with Crippen LogP contribution in [-0.4, -0.2) is 23.0 Å². The molecule has 1 amide bonds. The molecule has 4 nitrogen and oxygen atoms in total. The van der Waals surface area contributed by atoms with Crippen LogP contribution in [0.5, 0.6) is 0 Å². The number of amides is 1. The van der Waals surface area contributed by atoms with E-state index in [1.807, 2.05) is 31.5 Å². The Hall–Kier alpha value is -1.36. The average Bonchev–Trinajstić information content (AvgIpc) is 2.88. The highest BCUT2D eigenvalue weighted by atomic mass is 32.1. The predicted octanol–water partition coefficient (Wildman–Crippen LogP) is 3.00. The van der Waals surface area contributed by atoms with Crippen molar-refractivity contribution in [3.05, 3.63) is 22.4 Å². The van der Waals surface area contributed by atoms with Crippen LogP contribution in [0.4, 0.5) is 0 Å². The van der Waals surface area contributed by atoms with Gasteiger partial charge >= 0.3 is 5.97 Å². The fourth-order valence-corrected chi connectivity index (χ4v) is 3.72. The van der Waals surface area contributed by atoms with Gasteiger partial charge in [0.15, 0.2) is 0 Å². The van der Waals surface area contributed by atoms with Crippen LogP contribution in [0.25, 0.3) is 0 Å². The van der Waals surface area contributed by atoms with E-state index < -0.39 is 5.97 Å². The lowest BCUT2D eigenvalue weighted by Gasteiger charge is -2.46. The molecule has 0 aromatic carbocycles. The molecular weight excluding hydrogens is 274 g/mol. The molecule has 1 heterocycles. The van der Waals surface area contributed by atoms with Gasteiger partial charge in [0.2, 0.25) is 0 Å². The highest BCUT2D eigenvalue weighted by Gasteiger charge is 2.46. The third-order valence-corrected chi connectivity index (χ3v) is 5.52. The summed E-state index contributed by atoms with van der Waals surface area (Å²) in [6.45, 7) is 6.01. The molecule has 0 aliphatic heterocycles. The second kappa shape index (κ2) is 5.56. The summed E-state index contributed by atoms with van der Waals surface area (Å²) in [7, 11) is 0. The first kappa shape index (κ1) is 15.0. The van der Waals surface area contributed by atoms with Crippen molar-refractivity contribution >= 4 is 23.2 Å². The SMILES string of the molecule is CC1C(NC(=O)c2ccsc2)CCC(C(=O)O)C1(C)C. The number of carbonyl (C=O) groups is 2. The van der Waals surface area contributed by atoms with Gasteiger partial charge in [0.05, 0.1) is 5.92 Å². The molecule has 5 heteroatoms. The third kappa shape index (κ3) is 2.73. The normalized spacial score (nSPS) is 28.9. The number of thiophene rings is 1. The van der Waals surface area contributed by atoms with Crippen LogP contribution in [0.15, 0.2) is 16.8 Å². The molecule has 3 unspecified atom stereocenters. The Bertz CT molecular complexity index is 495. The lowest BCUT2D eigenvalue weighted by atomic mass is 9.61. The van der Waals surface area contributed by atoms with E-state index >= 15 is 0 Å². The Labute approximate surface area is 123 Å². The highest BCUT2D eigenvalue weighted by molar-refractivity contribution is 7.08. The largest absolute Gasteiger partial charge is 0.481 e. The van der Waals surface area contributed by atoms with Crippen LogP contribution >= 0.6 is 11.3 Å². The number of hydrogen-bond acceptors (Lipinski definition) is 3. The lowest BCUT2D eigenvalue weighted by molar-refractivity contribution is -0.150. The summed E-state index contributed by atoms with van der Waals surface area (Å²) in [4.78, 5) is 23.5. The van der Waals surface area contributed by atoms with Gasteiger partial charge in [-0.1, -0.05) is 20.8 Å². The summed E-state index contributed by atoms with van der Waals surface area (Å²) in [5.41, 5.74) is 0.358. The number of rotatable bonds is 3. The first-order valence-corrected chi connectivity index (χ1v) is 7.84. The molecule has 3 atom stereocenters. The molecule has 1 aromatic rings. The maximum Gasteiger partial charge on any atom is 0.307 e. The van der Waals surface area contributed by atoms with Crippen molar-refractivity contribution in [2.45, 2.75) is 39.7 Å². The minimum Gasteiger partial charge on any atom is -0.481 e. The number of carbonyl (C=O) groups excluding carboxylic acids is 1. The van der Waals surface area contributed by atoms with Gasteiger partial charge in [-0.3, -0.25) is 9.59 Å². The van der Waals surface area contributed by atoms with E-state index in [0.29, 0.717) is 12.0 Å². The van der Waals surface area contributed by atoms with Gasteiger partial charge in [-0.15, -0.1) is 0 Å². The minimum absolute atomic E-state index is 0.0352. The van der Waals surface area contributed by atoms with Crippen molar-refractivity contribution in [3.63, 3.8) is 0 Å². The van der Waals surface area contributed by atoms with E-state index in [2.05, 4.69) is 5.32 Å². The summed E-state index contributed by atoms with van der Waals surface area (Å²) >= 11 is 1.50. The van der Waals surface area contributed by atoms with Crippen LogP contribution in [-0.2, 0) is 4.79 Å². The number of aliphatic carboxylic acids is 1. The van der Waals surface area contributed by atoms with Gasteiger partial charge in [0.1, 0.15) is 0 Å². The summed E-state index contributed by atoms with van der Waals surface area (Å²) in [5, 5.41) is 16.1. The molecule has 2 N–H and O–H groups in total. The topological polar surface area (TPSA) is 66.4 Å². The van der Waals surface area contributed by atoms with E-state index in [9.17, 15) is 14.7 Å². The van der Waals surface area contributed by atoms with Gasteiger partial charge in [-0.25, -0.2) is 0 Å². The zero-order chi connectivity index (χ0) is 14.9. The van der Waals surface area contributed by atoms with Crippen molar-refractivity contribution < 1.29 is 14.7 Å². The van der Waals surface area contributed by atoms with Crippen LogP contribution in [0.3, 0.4) is 0 Å². The second-order valence-corrected chi connectivity index (χ2v) is 6.95. The molecule has 0 saturated heterocycles. The van der Waals surface area contributed by atoms with Crippen LogP contribution in [0.1, 0.15) is 44.0 Å². The Morgan fingerprint density at radius 3 is 2.65 bits per heavy atom. The molecule has 110 valence electrons. The first-order valence-electron chi connectivity index (χ1n) is 6.90. The van der Waals surface area contributed by atoms with Gasteiger partial charge in [0.25, 0.3) is 5.91 Å². The molecule has 1 aliphatic carbocycles. The number of nitrogens with one attached hydrogen (secondary N) is 1. The standard InChI is InChI=1S/C15H21NO3S/c1-9-12(16-13(17)10-6-7-20-8-10)5-4-11(14(18)19)15(9,2)3/h6-9,11-12H,4-5H2,1-3H3,(H,16,17)(H,18,19). The molecule has 1 aromatic heterocycles. The maximum atomic E-state index is 12.1. The molecular formula is C15H21NO3S. The van der Waals surface area contributed by atoms with Crippen molar-refractivity contribution in [1.29, 1.82) is 0 Å². The quantitative estimate of drug-likeness (QED) is 0.901. The molecule has 0 radical (unpaired) electrons. The first-order chi connectivity index (χ1) is 9.34. The zero-order valence-corrected chi connectivity index (χ0v) is 12.9. The Kier molecular flexibility index (Phi) is 4.18. The zero-order valence-electron chi connectivity index (χ0n) is 12.1. The number of hydrogen-bond donors (Lipinski definition) is 2. The average molecular weight is 295 g/mol. The van der Waals surface area contributed by atoms with Crippen molar-refractivity contribution in [2.24, 2.45) is 17.3 Å². The summed E-state index contributed by atoms with van der Waals surface area (Å²) in [6.07, 6.45) is 1.33. The van der Waals surface area contributed by atoms with Crippen LogP contribution in [0, 0.1) is 17.3 Å². The summed E-state index contributed by atoms with van der Waals surface area (Å²) < 4.78 is 0. The summed E-state index contributed by atoms with van der Waals surface area (Å²) in [6, 6.07) is 1.84. The van der Waals surface area contributed by atoms with E-state index in [4.69, 9.17) is 0 Å². The maximum absolute atomic E-state index is 12.1. The predicted molar refractivity (Wildman–Crippen MR) is 78.9 cm³/mol. The molecule has 0 bridgehead atoms. The monoisotopic (exact) mass is 295 g/mol. The summed E-state index contributed by atoms with van der Waals surface area (Å²) in [5.74, 6) is -1.01. The van der Waals surface area contributed by atoms with E-state index in [1.165, 1.54) is 11.3 Å². The van der Waals surface area contributed by atoms with Gasteiger partial charge in [-0.2, -0.15) is 11.3 Å². The fourth-order valence-electron chi connectivity index (χ4n) is 3.09. The number of carboxylic acids is 1. The van der Waals surface area contributed by atoms with Crippen molar-refractivity contribution in [3.8, 4) is 0 Å². The van der Waals surface area contributed by atoms with E-state index in [1.54, 1.807) is 6.07 Å². The fraction of sp³-hybridized carbons (Fsp3) is 0.600.